The van der Waals surface area contributed by atoms with Crippen LogP contribution in [-0.2, 0) is 0 Å². The van der Waals surface area contributed by atoms with E-state index in [0.29, 0.717) is 5.92 Å². The van der Waals surface area contributed by atoms with Crippen LogP contribution < -0.4 is 5.73 Å². The predicted molar refractivity (Wildman–Crippen MR) is 69.5 cm³/mol. The number of rotatable bonds is 3. The van der Waals surface area contributed by atoms with Crippen LogP contribution in [0.5, 0.6) is 0 Å². The third-order valence-electron chi connectivity index (χ3n) is 3.05. The van der Waals surface area contributed by atoms with E-state index >= 15 is 0 Å². The van der Waals surface area contributed by atoms with E-state index in [0.717, 1.165) is 6.42 Å². The minimum atomic E-state index is 0. The van der Waals surface area contributed by atoms with Crippen molar-refractivity contribution in [3.05, 3.63) is 34.9 Å². The van der Waals surface area contributed by atoms with E-state index in [1.807, 2.05) is 0 Å². The van der Waals surface area contributed by atoms with Crippen molar-refractivity contribution in [2.45, 2.75) is 40.2 Å². The standard InChI is InChI=1S/C13H21N.ClH/c1-5-10(3)13(14)12-8-9(2)6-7-11(12)4;/h6-8,10,13H,5,14H2,1-4H3;1H/t10?,13-;/m0./s1. The molecule has 0 bridgehead atoms. The van der Waals surface area contributed by atoms with Crippen molar-refractivity contribution in [3.63, 3.8) is 0 Å². The summed E-state index contributed by atoms with van der Waals surface area (Å²) in [6.45, 7) is 8.66. The van der Waals surface area contributed by atoms with E-state index in [4.69, 9.17) is 5.73 Å². The Labute approximate surface area is 99.5 Å². The van der Waals surface area contributed by atoms with Crippen LogP contribution >= 0.6 is 12.4 Å². The normalized spacial score (nSPS) is 14.2. The van der Waals surface area contributed by atoms with Gasteiger partial charge < -0.3 is 5.73 Å². The minimum absolute atomic E-state index is 0. The van der Waals surface area contributed by atoms with Gasteiger partial charge in [0, 0.05) is 6.04 Å². The zero-order valence-corrected chi connectivity index (χ0v) is 10.9. The van der Waals surface area contributed by atoms with Crippen molar-refractivity contribution >= 4 is 12.4 Å². The Hall–Kier alpha value is -0.530. The quantitative estimate of drug-likeness (QED) is 0.836. The maximum Gasteiger partial charge on any atom is 0.0323 e. The lowest BCUT2D eigenvalue weighted by Gasteiger charge is -2.21. The Bertz CT molecular complexity index is 309. The van der Waals surface area contributed by atoms with Gasteiger partial charge in [-0.2, -0.15) is 0 Å². The van der Waals surface area contributed by atoms with E-state index in [9.17, 15) is 0 Å². The van der Waals surface area contributed by atoms with Gasteiger partial charge in [-0.3, -0.25) is 0 Å². The molecule has 0 aromatic heterocycles. The molecule has 0 aliphatic heterocycles. The summed E-state index contributed by atoms with van der Waals surface area (Å²) in [6.07, 6.45) is 1.13. The largest absolute Gasteiger partial charge is 0.324 e. The molecule has 1 aromatic rings. The van der Waals surface area contributed by atoms with Crippen molar-refractivity contribution in [2.75, 3.05) is 0 Å². The Balaban J connectivity index is 0.00000196. The van der Waals surface area contributed by atoms with E-state index in [2.05, 4.69) is 45.9 Å². The maximum absolute atomic E-state index is 6.22. The molecule has 0 spiro atoms. The van der Waals surface area contributed by atoms with Crippen LogP contribution in [0.3, 0.4) is 0 Å². The van der Waals surface area contributed by atoms with Crippen molar-refractivity contribution in [1.29, 1.82) is 0 Å². The van der Waals surface area contributed by atoms with Gasteiger partial charge >= 0.3 is 0 Å². The number of hydrogen-bond acceptors (Lipinski definition) is 1. The fourth-order valence-electron chi connectivity index (χ4n) is 1.68. The number of aryl methyl sites for hydroxylation is 2. The molecule has 0 aliphatic carbocycles. The molecule has 0 amide bonds. The average Bonchev–Trinajstić information content (AvgIpc) is 2.19. The first-order valence-corrected chi connectivity index (χ1v) is 5.39. The van der Waals surface area contributed by atoms with Crippen molar-refractivity contribution in [2.24, 2.45) is 11.7 Å². The van der Waals surface area contributed by atoms with Crippen LogP contribution in [0.15, 0.2) is 18.2 Å². The Morgan fingerprint density at radius 3 is 2.40 bits per heavy atom. The second-order valence-electron chi connectivity index (χ2n) is 4.27. The van der Waals surface area contributed by atoms with Crippen LogP contribution in [0, 0.1) is 19.8 Å². The third kappa shape index (κ3) is 3.51. The van der Waals surface area contributed by atoms with Crippen molar-refractivity contribution in [1.82, 2.24) is 0 Å². The monoisotopic (exact) mass is 227 g/mol. The van der Waals surface area contributed by atoms with E-state index < -0.39 is 0 Å². The van der Waals surface area contributed by atoms with Gasteiger partial charge in [-0.05, 0) is 30.9 Å². The van der Waals surface area contributed by atoms with Gasteiger partial charge in [-0.25, -0.2) is 0 Å². The smallest absolute Gasteiger partial charge is 0.0323 e. The van der Waals surface area contributed by atoms with Gasteiger partial charge in [-0.15, -0.1) is 12.4 Å². The lowest BCUT2D eigenvalue weighted by molar-refractivity contribution is 0.455. The highest BCUT2D eigenvalue weighted by atomic mass is 35.5. The van der Waals surface area contributed by atoms with Crippen LogP contribution in [0.1, 0.15) is 43.0 Å². The van der Waals surface area contributed by atoms with Crippen LogP contribution in [0.25, 0.3) is 0 Å². The molecule has 2 N–H and O–H groups in total. The Morgan fingerprint density at radius 1 is 1.27 bits per heavy atom. The molecule has 1 unspecified atom stereocenters. The van der Waals surface area contributed by atoms with Crippen LogP contribution in [0.2, 0.25) is 0 Å². The first kappa shape index (κ1) is 14.5. The summed E-state index contributed by atoms with van der Waals surface area (Å²) < 4.78 is 0. The summed E-state index contributed by atoms with van der Waals surface area (Å²) in [5.74, 6) is 0.551. The van der Waals surface area contributed by atoms with E-state index in [1.165, 1.54) is 16.7 Å². The molecule has 1 nitrogen and oxygen atoms in total. The molecule has 0 fully saturated rings. The second kappa shape index (κ2) is 6.14. The highest BCUT2D eigenvalue weighted by Crippen LogP contribution is 2.25. The molecule has 2 atom stereocenters. The number of benzene rings is 1. The highest BCUT2D eigenvalue weighted by Gasteiger charge is 2.14. The lowest BCUT2D eigenvalue weighted by atomic mass is 9.90. The molecule has 1 aromatic carbocycles. The average molecular weight is 228 g/mol. The predicted octanol–water partition coefficient (Wildman–Crippen LogP) is 3.77. The topological polar surface area (TPSA) is 26.0 Å². The van der Waals surface area contributed by atoms with Gasteiger partial charge in [-0.1, -0.05) is 44.0 Å². The maximum atomic E-state index is 6.22. The SMILES string of the molecule is CCC(C)[C@H](N)c1cc(C)ccc1C.Cl. The Morgan fingerprint density at radius 2 is 1.87 bits per heavy atom. The fraction of sp³-hybridized carbons (Fsp3) is 0.538. The molecular weight excluding hydrogens is 206 g/mol. The van der Waals surface area contributed by atoms with Gasteiger partial charge in [0.25, 0.3) is 0 Å². The second-order valence-corrected chi connectivity index (χ2v) is 4.27. The molecule has 0 saturated heterocycles. The van der Waals surface area contributed by atoms with Gasteiger partial charge in [0.05, 0.1) is 0 Å². The summed E-state index contributed by atoms with van der Waals surface area (Å²) in [6, 6.07) is 6.70. The first-order chi connectivity index (χ1) is 6.56. The summed E-state index contributed by atoms with van der Waals surface area (Å²) in [7, 11) is 0. The minimum Gasteiger partial charge on any atom is -0.324 e. The summed E-state index contributed by atoms with van der Waals surface area (Å²) in [5, 5.41) is 0. The molecule has 0 radical (unpaired) electrons. The van der Waals surface area contributed by atoms with Crippen molar-refractivity contribution < 1.29 is 0 Å². The van der Waals surface area contributed by atoms with Crippen LogP contribution in [-0.4, -0.2) is 0 Å². The summed E-state index contributed by atoms with van der Waals surface area (Å²) >= 11 is 0. The van der Waals surface area contributed by atoms with Gasteiger partial charge in [0.1, 0.15) is 0 Å². The molecule has 86 valence electrons. The number of halogens is 1. The van der Waals surface area contributed by atoms with Crippen molar-refractivity contribution in [3.8, 4) is 0 Å². The molecule has 1 rings (SSSR count). The number of hydrogen-bond donors (Lipinski definition) is 1. The molecule has 0 heterocycles. The zero-order chi connectivity index (χ0) is 10.7. The highest BCUT2D eigenvalue weighted by molar-refractivity contribution is 5.85. The fourth-order valence-corrected chi connectivity index (χ4v) is 1.68. The molecule has 15 heavy (non-hydrogen) atoms. The molecule has 0 saturated carbocycles. The molecular formula is C13H22ClN. The Kier molecular flexibility index (Phi) is 5.92. The lowest BCUT2D eigenvalue weighted by Crippen LogP contribution is -2.19. The van der Waals surface area contributed by atoms with E-state index in [1.54, 1.807) is 0 Å². The van der Waals surface area contributed by atoms with Crippen LogP contribution in [0.4, 0.5) is 0 Å². The molecule has 0 aliphatic rings. The number of nitrogens with two attached hydrogens (primary N) is 1. The third-order valence-corrected chi connectivity index (χ3v) is 3.05. The zero-order valence-electron chi connectivity index (χ0n) is 10.1. The van der Waals surface area contributed by atoms with Gasteiger partial charge in [0.15, 0.2) is 0 Å². The molecule has 2 heteroatoms. The summed E-state index contributed by atoms with van der Waals surface area (Å²) in [5.41, 5.74) is 10.1. The first-order valence-electron chi connectivity index (χ1n) is 5.39. The summed E-state index contributed by atoms with van der Waals surface area (Å²) in [4.78, 5) is 0. The van der Waals surface area contributed by atoms with E-state index in [-0.39, 0.29) is 18.4 Å². The van der Waals surface area contributed by atoms with Gasteiger partial charge in [0.2, 0.25) is 0 Å².